The van der Waals surface area contributed by atoms with Crippen molar-refractivity contribution >= 4 is 28.4 Å². The topological polar surface area (TPSA) is 94.5 Å². The van der Waals surface area contributed by atoms with Gasteiger partial charge < -0.3 is 14.6 Å². The summed E-state index contributed by atoms with van der Waals surface area (Å²) in [6.45, 7) is 4.89. The third-order valence-electron chi connectivity index (χ3n) is 4.91. The summed E-state index contributed by atoms with van der Waals surface area (Å²) in [5.41, 5.74) is -2.73. The van der Waals surface area contributed by atoms with Crippen molar-refractivity contribution in [1.82, 2.24) is 9.88 Å². The lowest BCUT2D eigenvalue weighted by Gasteiger charge is -2.24. The van der Waals surface area contributed by atoms with E-state index in [9.17, 15) is 36.7 Å². The molecule has 0 aliphatic heterocycles. The van der Waals surface area contributed by atoms with Gasteiger partial charge in [0.25, 0.3) is 5.56 Å². The molecule has 0 saturated carbocycles. The number of hydrogen-bond donors (Lipinski definition) is 1. The Morgan fingerprint density at radius 1 is 1.12 bits per heavy atom. The molecule has 0 bridgehead atoms. The standard InChI is InChI=1S/C23H26F4N2O5/c1-5-17(20(32)28-16(18(30)12-24)11-19(31)34-22(2,3)4)29-9-8-13-6-7-14(23(25,26)27)10-15(13)21(29)33/h6-10,16-17H,5,11-12H2,1-4H3,(H,28,32)/t16?,17-/m0/s1. The summed E-state index contributed by atoms with van der Waals surface area (Å²) in [7, 11) is 0. The number of pyridine rings is 1. The number of hydrogen-bond acceptors (Lipinski definition) is 5. The molecule has 2 aromatic rings. The van der Waals surface area contributed by atoms with Crippen LogP contribution in [-0.4, -0.2) is 40.5 Å². The highest BCUT2D eigenvalue weighted by Crippen LogP contribution is 2.30. The summed E-state index contributed by atoms with van der Waals surface area (Å²) in [5.74, 6) is -2.77. The van der Waals surface area contributed by atoms with Crippen molar-refractivity contribution in [2.75, 3.05) is 6.67 Å². The van der Waals surface area contributed by atoms with Crippen molar-refractivity contribution < 1.29 is 36.7 Å². The number of fused-ring (bicyclic) bond motifs is 1. The SMILES string of the molecule is CC[C@@H](C(=O)NC(CC(=O)OC(C)(C)C)C(=O)CF)n1ccc2ccc(C(F)(F)F)cc2c1=O. The molecule has 2 rings (SSSR count). The van der Waals surface area contributed by atoms with Gasteiger partial charge in [0.2, 0.25) is 5.91 Å². The predicted molar refractivity (Wildman–Crippen MR) is 116 cm³/mol. The zero-order chi connectivity index (χ0) is 25.8. The maximum atomic E-state index is 13.1. The van der Waals surface area contributed by atoms with Crippen molar-refractivity contribution in [3.63, 3.8) is 0 Å². The maximum Gasteiger partial charge on any atom is 0.416 e. The van der Waals surface area contributed by atoms with Gasteiger partial charge in [-0.1, -0.05) is 13.0 Å². The zero-order valence-corrected chi connectivity index (χ0v) is 19.2. The molecule has 1 N–H and O–H groups in total. The number of carbonyl (C=O) groups excluding carboxylic acids is 3. The van der Waals surface area contributed by atoms with E-state index in [0.717, 1.165) is 16.7 Å². The van der Waals surface area contributed by atoms with E-state index in [1.165, 1.54) is 12.3 Å². The largest absolute Gasteiger partial charge is 0.460 e. The Morgan fingerprint density at radius 3 is 2.29 bits per heavy atom. The van der Waals surface area contributed by atoms with Crippen LogP contribution in [0.15, 0.2) is 35.3 Å². The highest BCUT2D eigenvalue weighted by molar-refractivity contribution is 5.94. The quantitative estimate of drug-likeness (QED) is 0.453. The number of amides is 1. The molecule has 1 amide bonds. The number of rotatable bonds is 8. The number of ketones is 1. The number of carbonyl (C=O) groups is 3. The number of halogens is 4. The molecule has 1 unspecified atom stereocenters. The van der Waals surface area contributed by atoms with Gasteiger partial charge in [0, 0.05) is 11.6 Å². The Hall–Kier alpha value is -3.24. The summed E-state index contributed by atoms with van der Waals surface area (Å²) < 4.78 is 58.4. The molecule has 1 aromatic carbocycles. The number of nitrogens with one attached hydrogen (secondary N) is 1. The van der Waals surface area contributed by atoms with Crippen LogP contribution in [0.2, 0.25) is 0 Å². The lowest BCUT2D eigenvalue weighted by molar-refractivity contribution is -0.156. The highest BCUT2D eigenvalue weighted by atomic mass is 19.4. The maximum absolute atomic E-state index is 13.1. The fourth-order valence-corrected chi connectivity index (χ4v) is 3.34. The normalized spacial score (nSPS) is 13.9. The molecule has 1 aromatic heterocycles. The summed E-state index contributed by atoms with van der Waals surface area (Å²) in [4.78, 5) is 49.9. The van der Waals surface area contributed by atoms with Crippen LogP contribution in [0.1, 0.15) is 52.1 Å². The number of esters is 1. The van der Waals surface area contributed by atoms with Gasteiger partial charge in [-0.2, -0.15) is 13.2 Å². The smallest absolute Gasteiger partial charge is 0.416 e. The van der Waals surface area contributed by atoms with Gasteiger partial charge in [-0.15, -0.1) is 0 Å². The average molecular weight is 486 g/mol. The molecule has 2 atom stereocenters. The van der Waals surface area contributed by atoms with Gasteiger partial charge in [-0.3, -0.25) is 19.2 Å². The van der Waals surface area contributed by atoms with Crippen molar-refractivity contribution in [2.24, 2.45) is 0 Å². The first kappa shape index (κ1) is 27.0. The van der Waals surface area contributed by atoms with Gasteiger partial charge in [-0.05, 0) is 50.8 Å². The Bertz CT molecular complexity index is 1130. The van der Waals surface area contributed by atoms with Crippen LogP contribution in [0.5, 0.6) is 0 Å². The number of Topliss-reactive ketones (excluding diaryl/α,β-unsaturated/α-hetero) is 1. The van der Waals surface area contributed by atoms with E-state index in [1.54, 1.807) is 27.7 Å². The van der Waals surface area contributed by atoms with E-state index in [0.29, 0.717) is 6.07 Å². The van der Waals surface area contributed by atoms with E-state index >= 15 is 0 Å². The minimum atomic E-state index is -4.66. The Kier molecular flexibility index (Phi) is 8.22. The van der Waals surface area contributed by atoms with Crippen LogP contribution < -0.4 is 10.9 Å². The van der Waals surface area contributed by atoms with Gasteiger partial charge in [0.05, 0.1) is 12.0 Å². The minimum absolute atomic E-state index is 0.0270. The monoisotopic (exact) mass is 486 g/mol. The second-order valence-corrected chi connectivity index (χ2v) is 8.70. The molecule has 0 spiro atoms. The zero-order valence-electron chi connectivity index (χ0n) is 19.2. The van der Waals surface area contributed by atoms with Crippen LogP contribution in [-0.2, 0) is 25.3 Å². The highest BCUT2D eigenvalue weighted by Gasteiger charge is 2.32. The number of benzene rings is 1. The van der Waals surface area contributed by atoms with Crippen LogP contribution in [0.3, 0.4) is 0 Å². The molecule has 7 nitrogen and oxygen atoms in total. The van der Waals surface area contributed by atoms with E-state index in [1.807, 2.05) is 0 Å². The van der Waals surface area contributed by atoms with Crippen molar-refractivity contribution in [3.05, 3.63) is 46.4 Å². The van der Waals surface area contributed by atoms with Crippen molar-refractivity contribution in [3.8, 4) is 0 Å². The Morgan fingerprint density at radius 2 is 1.76 bits per heavy atom. The third kappa shape index (κ3) is 6.64. The molecule has 11 heteroatoms. The number of nitrogens with zero attached hydrogens (tertiary/aromatic N) is 1. The molecule has 0 fully saturated rings. The molecule has 186 valence electrons. The molecule has 0 aliphatic rings. The molecular formula is C23H26F4N2O5. The molecule has 1 heterocycles. The average Bonchev–Trinajstić information content (AvgIpc) is 2.72. The second kappa shape index (κ2) is 10.4. The second-order valence-electron chi connectivity index (χ2n) is 8.70. The lowest BCUT2D eigenvalue weighted by Crippen LogP contribution is -2.47. The predicted octanol–water partition coefficient (Wildman–Crippen LogP) is 3.73. The first-order chi connectivity index (χ1) is 15.7. The van der Waals surface area contributed by atoms with Crippen LogP contribution in [0.4, 0.5) is 17.6 Å². The summed E-state index contributed by atoms with van der Waals surface area (Å²) in [6.07, 6.45) is -4.00. The summed E-state index contributed by atoms with van der Waals surface area (Å²) >= 11 is 0. The first-order valence-corrected chi connectivity index (χ1v) is 10.5. The van der Waals surface area contributed by atoms with Crippen LogP contribution in [0, 0.1) is 0 Å². The summed E-state index contributed by atoms with van der Waals surface area (Å²) in [5, 5.41) is 2.28. The van der Waals surface area contributed by atoms with E-state index in [4.69, 9.17) is 4.74 Å². The van der Waals surface area contributed by atoms with Crippen molar-refractivity contribution in [2.45, 2.75) is 64.4 Å². The fraction of sp³-hybridized carbons (Fsp3) is 0.478. The Labute approximate surface area is 193 Å². The number of aromatic nitrogens is 1. The lowest BCUT2D eigenvalue weighted by atomic mass is 10.1. The molecule has 34 heavy (non-hydrogen) atoms. The van der Waals surface area contributed by atoms with Crippen LogP contribution >= 0.6 is 0 Å². The van der Waals surface area contributed by atoms with Gasteiger partial charge >= 0.3 is 12.1 Å². The van der Waals surface area contributed by atoms with Gasteiger partial charge in [0.15, 0.2) is 5.78 Å². The third-order valence-corrected chi connectivity index (χ3v) is 4.91. The molecule has 0 radical (unpaired) electrons. The van der Waals surface area contributed by atoms with Gasteiger partial charge in [0.1, 0.15) is 24.4 Å². The van der Waals surface area contributed by atoms with Crippen LogP contribution in [0.25, 0.3) is 10.8 Å². The summed E-state index contributed by atoms with van der Waals surface area (Å²) in [6, 6.07) is 1.34. The van der Waals surface area contributed by atoms with Gasteiger partial charge in [-0.25, -0.2) is 4.39 Å². The van der Waals surface area contributed by atoms with E-state index in [2.05, 4.69) is 5.32 Å². The first-order valence-electron chi connectivity index (χ1n) is 10.5. The van der Waals surface area contributed by atoms with E-state index in [-0.39, 0.29) is 17.2 Å². The number of alkyl halides is 4. The fourth-order valence-electron chi connectivity index (χ4n) is 3.34. The molecule has 0 saturated heterocycles. The van der Waals surface area contributed by atoms with Crippen molar-refractivity contribution in [1.29, 1.82) is 0 Å². The molecule has 0 aliphatic carbocycles. The minimum Gasteiger partial charge on any atom is -0.460 e. The molecular weight excluding hydrogens is 460 g/mol. The van der Waals surface area contributed by atoms with E-state index < -0.39 is 65.7 Å². The number of ether oxygens (including phenoxy) is 1. The Balaban J connectivity index is 2.37.